The third-order valence-electron chi connectivity index (χ3n) is 4.51. The van der Waals surface area contributed by atoms with Crippen molar-refractivity contribution < 1.29 is 17.9 Å². The number of anilines is 1. The normalized spacial score (nSPS) is 11.3. The van der Waals surface area contributed by atoms with E-state index in [2.05, 4.69) is 5.10 Å². The lowest BCUT2D eigenvalue weighted by atomic mass is 10.2. The Kier molecular flexibility index (Phi) is 6.89. The Hall–Kier alpha value is -2.71. The van der Waals surface area contributed by atoms with E-state index in [4.69, 9.17) is 21.1 Å². The summed E-state index contributed by atoms with van der Waals surface area (Å²) in [5.41, 5.74) is 1.23. The predicted octanol–water partition coefficient (Wildman–Crippen LogP) is 4.36. The number of hydrogen-bond acceptors (Lipinski definition) is 5. The Balaban J connectivity index is 2.02. The van der Waals surface area contributed by atoms with Gasteiger partial charge in [0, 0.05) is 12.7 Å². The molecule has 160 valence electrons. The van der Waals surface area contributed by atoms with Crippen molar-refractivity contribution in [1.29, 1.82) is 0 Å². The van der Waals surface area contributed by atoms with Gasteiger partial charge < -0.3 is 9.47 Å². The molecule has 1 heterocycles. The third kappa shape index (κ3) is 4.71. The van der Waals surface area contributed by atoms with Crippen LogP contribution in [0.25, 0.3) is 0 Å². The molecular formula is C21H24ClN3O4S. The summed E-state index contributed by atoms with van der Waals surface area (Å²) in [6.07, 6.45) is 2.88. The topological polar surface area (TPSA) is 73.7 Å². The minimum absolute atomic E-state index is 0.113. The largest absolute Gasteiger partial charge is 0.495 e. The molecule has 0 atom stereocenters. The molecule has 0 saturated carbocycles. The van der Waals surface area contributed by atoms with Crippen molar-refractivity contribution in [3.05, 3.63) is 65.4 Å². The van der Waals surface area contributed by atoms with Crippen molar-refractivity contribution in [2.45, 2.75) is 31.8 Å². The van der Waals surface area contributed by atoms with Crippen LogP contribution in [0, 0.1) is 0 Å². The van der Waals surface area contributed by atoms with Gasteiger partial charge in [0.15, 0.2) is 0 Å². The highest BCUT2D eigenvalue weighted by Gasteiger charge is 2.27. The lowest BCUT2D eigenvalue weighted by Crippen LogP contribution is -2.30. The molecule has 0 unspecified atom stereocenters. The van der Waals surface area contributed by atoms with Crippen LogP contribution < -0.4 is 13.8 Å². The van der Waals surface area contributed by atoms with Crippen molar-refractivity contribution >= 4 is 27.3 Å². The van der Waals surface area contributed by atoms with Crippen molar-refractivity contribution in [1.82, 2.24) is 9.78 Å². The summed E-state index contributed by atoms with van der Waals surface area (Å²) in [5, 5.41) is 4.43. The zero-order valence-electron chi connectivity index (χ0n) is 17.1. The van der Waals surface area contributed by atoms with Crippen LogP contribution in [0.2, 0.25) is 5.02 Å². The molecule has 0 saturated heterocycles. The highest BCUT2D eigenvalue weighted by Crippen LogP contribution is 2.33. The van der Waals surface area contributed by atoms with E-state index in [1.165, 1.54) is 23.8 Å². The van der Waals surface area contributed by atoms with E-state index < -0.39 is 10.0 Å². The number of rotatable bonds is 9. The van der Waals surface area contributed by atoms with Gasteiger partial charge in [-0.2, -0.15) is 5.10 Å². The molecule has 3 rings (SSSR count). The monoisotopic (exact) mass is 449 g/mol. The zero-order valence-corrected chi connectivity index (χ0v) is 18.7. The molecular weight excluding hydrogens is 426 g/mol. The summed E-state index contributed by atoms with van der Waals surface area (Å²) >= 11 is 6.28. The maximum absolute atomic E-state index is 13.5. The zero-order chi connectivity index (χ0) is 21.7. The van der Waals surface area contributed by atoms with Gasteiger partial charge in [-0.05, 0) is 49.7 Å². The molecule has 0 aliphatic heterocycles. The maximum atomic E-state index is 13.5. The maximum Gasteiger partial charge on any atom is 0.267 e. The molecule has 0 bridgehead atoms. The minimum Gasteiger partial charge on any atom is -0.495 e. The molecule has 0 aliphatic carbocycles. The second-order valence-corrected chi connectivity index (χ2v) is 8.71. The van der Waals surface area contributed by atoms with Gasteiger partial charge in [-0.3, -0.25) is 8.99 Å². The van der Waals surface area contributed by atoms with Crippen LogP contribution in [0.1, 0.15) is 19.4 Å². The van der Waals surface area contributed by atoms with Crippen molar-refractivity contribution in [3.8, 4) is 11.5 Å². The van der Waals surface area contributed by atoms with Crippen LogP contribution in [-0.2, 0) is 23.1 Å². The molecule has 0 radical (unpaired) electrons. The van der Waals surface area contributed by atoms with E-state index in [0.717, 1.165) is 11.3 Å². The van der Waals surface area contributed by atoms with Gasteiger partial charge in [-0.1, -0.05) is 23.7 Å². The number of nitrogens with zero attached hydrogens (tertiary/aromatic N) is 3. The average molecular weight is 450 g/mol. The van der Waals surface area contributed by atoms with Gasteiger partial charge in [0.2, 0.25) is 0 Å². The molecule has 0 spiro atoms. The second kappa shape index (κ2) is 9.40. The Labute approximate surface area is 181 Å². The number of ether oxygens (including phenoxy) is 2. The fourth-order valence-corrected chi connectivity index (χ4v) is 4.58. The lowest BCUT2D eigenvalue weighted by molar-refractivity contribution is 0.340. The van der Waals surface area contributed by atoms with Gasteiger partial charge in [0.05, 0.1) is 37.2 Å². The SMILES string of the molecule is CCOc1ccc(CN(c2ccc(OC)c(Cl)c2)S(=O)(=O)c2cnn(CC)c2)cc1. The second-order valence-electron chi connectivity index (χ2n) is 6.44. The van der Waals surface area contributed by atoms with Crippen LogP contribution in [0.3, 0.4) is 0 Å². The summed E-state index contributed by atoms with van der Waals surface area (Å²) < 4.78 is 40.5. The number of aromatic nitrogens is 2. The van der Waals surface area contributed by atoms with Crippen molar-refractivity contribution in [3.63, 3.8) is 0 Å². The smallest absolute Gasteiger partial charge is 0.267 e. The predicted molar refractivity (Wildman–Crippen MR) is 117 cm³/mol. The molecule has 0 aliphatic rings. The summed E-state index contributed by atoms with van der Waals surface area (Å²) in [4.78, 5) is 0.113. The van der Waals surface area contributed by atoms with E-state index >= 15 is 0 Å². The highest BCUT2D eigenvalue weighted by atomic mass is 35.5. The molecule has 0 fully saturated rings. The molecule has 1 aromatic heterocycles. The summed E-state index contributed by atoms with van der Waals surface area (Å²) in [7, 11) is -2.37. The first kappa shape index (κ1) is 22.0. The van der Waals surface area contributed by atoms with Crippen LogP contribution >= 0.6 is 11.6 Å². The first-order valence-corrected chi connectivity index (χ1v) is 11.3. The fourth-order valence-electron chi connectivity index (χ4n) is 2.93. The quantitative estimate of drug-likeness (QED) is 0.485. The summed E-state index contributed by atoms with van der Waals surface area (Å²) in [6.45, 7) is 5.06. The van der Waals surface area contributed by atoms with Gasteiger partial charge in [-0.25, -0.2) is 8.42 Å². The number of hydrogen-bond donors (Lipinski definition) is 0. The molecule has 0 amide bonds. The average Bonchev–Trinajstić information content (AvgIpc) is 3.23. The molecule has 0 N–H and O–H groups in total. The first-order chi connectivity index (χ1) is 14.4. The molecule has 9 heteroatoms. The van der Waals surface area contributed by atoms with Crippen molar-refractivity contribution in [2.75, 3.05) is 18.0 Å². The van der Waals surface area contributed by atoms with Gasteiger partial charge in [-0.15, -0.1) is 0 Å². The Bertz CT molecular complexity index is 1100. The third-order valence-corrected chi connectivity index (χ3v) is 6.53. The molecule has 3 aromatic rings. The summed E-state index contributed by atoms with van der Waals surface area (Å²) in [5.74, 6) is 1.20. The fraction of sp³-hybridized carbons (Fsp3) is 0.286. The van der Waals surface area contributed by atoms with Crippen LogP contribution in [0.5, 0.6) is 11.5 Å². The minimum atomic E-state index is -3.88. The molecule has 7 nitrogen and oxygen atoms in total. The number of sulfonamides is 1. The standard InChI is InChI=1S/C21H24ClN3O4S/c1-4-24-15-19(13-23-24)30(26,27)25(17-8-11-21(28-3)20(22)12-17)14-16-6-9-18(10-7-16)29-5-2/h6-13,15H,4-5,14H2,1-3H3. The Morgan fingerprint density at radius 3 is 2.43 bits per heavy atom. The van der Waals surface area contributed by atoms with E-state index in [0.29, 0.717) is 29.6 Å². The van der Waals surface area contributed by atoms with Gasteiger partial charge in [0.1, 0.15) is 16.4 Å². The van der Waals surface area contributed by atoms with Crippen LogP contribution in [0.4, 0.5) is 5.69 Å². The van der Waals surface area contributed by atoms with E-state index in [1.807, 2.05) is 38.1 Å². The number of aryl methyl sites for hydroxylation is 1. The lowest BCUT2D eigenvalue weighted by Gasteiger charge is -2.24. The Morgan fingerprint density at radius 1 is 1.13 bits per heavy atom. The molecule has 30 heavy (non-hydrogen) atoms. The van der Waals surface area contributed by atoms with Crippen LogP contribution in [0.15, 0.2) is 59.8 Å². The van der Waals surface area contributed by atoms with Crippen LogP contribution in [-0.4, -0.2) is 31.9 Å². The number of halogens is 1. The highest BCUT2D eigenvalue weighted by molar-refractivity contribution is 7.92. The van der Waals surface area contributed by atoms with Crippen molar-refractivity contribution in [2.24, 2.45) is 0 Å². The molecule has 2 aromatic carbocycles. The summed E-state index contributed by atoms with van der Waals surface area (Å²) in [6, 6.07) is 12.2. The number of benzene rings is 2. The first-order valence-electron chi connectivity index (χ1n) is 9.49. The Morgan fingerprint density at radius 2 is 1.87 bits per heavy atom. The van der Waals surface area contributed by atoms with E-state index in [1.54, 1.807) is 22.9 Å². The van der Waals surface area contributed by atoms with Gasteiger partial charge >= 0.3 is 0 Å². The number of methoxy groups -OCH3 is 1. The van der Waals surface area contributed by atoms with Gasteiger partial charge in [0.25, 0.3) is 10.0 Å². The van der Waals surface area contributed by atoms with E-state index in [9.17, 15) is 8.42 Å². The van der Waals surface area contributed by atoms with E-state index in [-0.39, 0.29) is 11.4 Å².